The number of benzene rings is 2. The Labute approximate surface area is 110 Å². The molecule has 0 saturated heterocycles. The minimum Gasteiger partial charge on any atom is -0.388 e. The summed E-state index contributed by atoms with van der Waals surface area (Å²) in [6.07, 6.45) is -4.35. The quantitative estimate of drug-likeness (QED) is 0.828. The van der Waals surface area contributed by atoms with Crippen molar-refractivity contribution in [1.82, 2.24) is 0 Å². The molecule has 2 aromatic rings. The molecule has 0 bridgehead atoms. The molecule has 4 heteroatoms. The van der Waals surface area contributed by atoms with Crippen LogP contribution in [0, 0.1) is 6.92 Å². The first kappa shape index (κ1) is 13.5. The highest BCUT2D eigenvalue weighted by atomic mass is 19.4. The number of hydrogen-bond donors (Lipinski definition) is 1. The average molecular weight is 265 g/mol. The molecular formula is C15H14F3N. The number of nitrogens with one attached hydrogen (secondary N) is 1. The predicted molar refractivity (Wildman–Crippen MR) is 71.2 cm³/mol. The minimum atomic E-state index is -4.35. The standard InChI is InChI=1S/C15H14F3N/c1-10-7-8-11(9-14(10)19-2)12-5-3-4-6-13(12)15(16,17)18/h3-9,19H,1-2H3. The summed E-state index contributed by atoms with van der Waals surface area (Å²) in [6.45, 7) is 1.91. The number of aryl methyl sites for hydroxylation is 1. The van der Waals surface area contributed by atoms with Crippen molar-refractivity contribution in [3.8, 4) is 11.1 Å². The molecule has 0 aliphatic carbocycles. The first-order valence-corrected chi connectivity index (χ1v) is 5.88. The zero-order valence-corrected chi connectivity index (χ0v) is 10.7. The van der Waals surface area contributed by atoms with Gasteiger partial charge in [-0.3, -0.25) is 0 Å². The molecular weight excluding hydrogens is 251 g/mol. The van der Waals surface area contributed by atoms with Crippen LogP contribution >= 0.6 is 0 Å². The van der Waals surface area contributed by atoms with E-state index in [-0.39, 0.29) is 5.56 Å². The van der Waals surface area contributed by atoms with Gasteiger partial charge in [0.1, 0.15) is 0 Å². The van der Waals surface area contributed by atoms with E-state index < -0.39 is 11.7 Å². The number of anilines is 1. The van der Waals surface area contributed by atoms with Gasteiger partial charge in [-0.2, -0.15) is 13.2 Å². The molecule has 19 heavy (non-hydrogen) atoms. The Hall–Kier alpha value is -1.97. The van der Waals surface area contributed by atoms with Crippen molar-refractivity contribution < 1.29 is 13.2 Å². The Morgan fingerprint density at radius 2 is 1.68 bits per heavy atom. The van der Waals surface area contributed by atoms with Crippen LogP contribution in [-0.2, 0) is 6.18 Å². The van der Waals surface area contributed by atoms with Gasteiger partial charge in [0.15, 0.2) is 0 Å². The average Bonchev–Trinajstić information content (AvgIpc) is 2.38. The van der Waals surface area contributed by atoms with E-state index in [0.29, 0.717) is 5.56 Å². The van der Waals surface area contributed by atoms with E-state index in [4.69, 9.17) is 0 Å². The van der Waals surface area contributed by atoms with Crippen molar-refractivity contribution in [1.29, 1.82) is 0 Å². The molecule has 0 heterocycles. The minimum absolute atomic E-state index is 0.200. The lowest BCUT2D eigenvalue weighted by Gasteiger charge is -2.14. The summed E-state index contributed by atoms with van der Waals surface area (Å²) in [4.78, 5) is 0. The van der Waals surface area contributed by atoms with Gasteiger partial charge in [-0.25, -0.2) is 0 Å². The Balaban J connectivity index is 2.59. The lowest BCUT2D eigenvalue weighted by molar-refractivity contribution is -0.137. The molecule has 0 saturated carbocycles. The van der Waals surface area contributed by atoms with E-state index in [9.17, 15) is 13.2 Å². The van der Waals surface area contributed by atoms with Gasteiger partial charge in [0, 0.05) is 12.7 Å². The van der Waals surface area contributed by atoms with Gasteiger partial charge in [0.25, 0.3) is 0 Å². The summed E-state index contributed by atoms with van der Waals surface area (Å²) < 4.78 is 38.9. The highest BCUT2D eigenvalue weighted by Crippen LogP contribution is 2.37. The molecule has 0 spiro atoms. The summed E-state index contributed by atoms with van der Waals surface area (Å²) in [5, 5.41) is 2.98. The third-order valence-corrected chi connectivity index (χ3v) is 3.05. The van der Waals surface area contributed by atoms with Crippen LogP contribution in [0.4, 0.5) is 18.9 Å². The van der Waals surface area contributed by atoms with Gasteiger partial charge in [0.2, 0.25) is 0 Å². The maximum atomic E-state index is 13.0. The lowest BCUT2D eigenvalue weighted by atomic mass is 9.97. The second-order valence-electron chi connectivity index (χ2n) is 4.32. The second-order valence-corrected chi connectivity index (χ2v) is 4.32. The van der Waals surface area contributed by atoms with E-state index in [0.717, 1.165) is 17.3 Å². The maximum Gasteiger partial charge on any atom is 0.417 e. The molecule has 0 radical (unpaired) electrons. The molecule has 0 atom stereocenters. The molecule has 0 aliphatic heterocycles. The molecule has 0 aromatic heterocycles. The number of alkyl halides is 3. The highest BCUT2D eigenvalue weighted by Gasteiger charge is 2.33. The summed E-state index contributed by atoms with van der Waals surface area (Å²) in [5.41, 5.74) is 1.97. The van der Waals surface area contributed by atoms with Crippen LogP contribution in [-0.4, -0.2) is 7.05 Å². The van der Waals surface area contributed by atoms with E-state index in [1.165, 1.54) is 12.1 Å². The van der Waals surface area contributed by atoms with Crippen molar-refractivity contribution in [2.45, 2.75) is 13.1 Å². The third-order valence-electron chi connectivity index (χ3n) is 3.05. The summed E-state index contributed by atoms with van der Waals surface area (Å²) in [5.74, 6) is 0. The number of hydrogen-bond acceptors (Lipinski definition) is 1. The summed E-state index contributed by atoms with van der Waals surface area (Å²) in [7, 11) is 1.75. The topological polar surface area (TPSA) is 12.0 Å². The first-order valence-electron chi connectivity index (χ1n) is 5.88. The summed E-state index contributed by atoms with van der Waals surface area (Å²) >= 11 is 0. The summed E-state index contributed by atoms with van der Waals surface area (Å²) in [6, 6.07) is 10.9. The smallest absolute Gasteiger partial charge is 0.388 e. The largest absolute Gasteiger partial charge is 0.417 e. The second kappa shape index (κ2) is 4.96. The molecule has 100 valence electrons. The molecule has 2 aromatic carbocycles. The molecule has 0 aliphatic rings. The fraction of sp³-hybridized carbons (Fsp3) is 0.200. The number of halogens is 3. The molecule has 1 nitrogen and oxygen atoms in total. The van der Waals surface area contributed by atoms with Gasteiger partial charge in [-0.1, -0.05) is 30.3 Å². The van der Waals surface area contributed by atoms with Gasteiger partial charge in [-0.15, -0.1) is 0 Å². The molecule has 2 rings (SSSR count). The van der Waals surface area contributed by atoms with Crippen molar-refractivity contribution in [3.05, 3.63) is 53.6 Å². The predicted octanol–water partition coefficient (Wildman–Crippen LogP) is 4.72. The van der Waals surface area contributed by atoms with Crippen molar-refractivity contribution in [2.24, 2.45) is 0 Å². The van der Waals surface area contributed by atoms with Crippen LogP contribution in [0.5, 0.6) is 0 Å². The molecule has 1 N–H and O–H groups in total. The zero-order chi connectivity index (χ0) is 14.0. The van der Waals surface area contributed by atoms with Crippen molar-refractivity contribution in [2.75, 3.05) is 12.4 Å². The number of rotatable bonds is 2. The van der Waals surface area contributed by atoms with Crippen LogP contribution in [0.25, 0.3) is 11.1 Å². The highest BCUT2D eigenvalue weighted by molar-refractivity contribution is 5.72. The van der Waals surface area contributed by atoms with Crippen LogP contribution < -0.4 is 5.32 Å². The van der Waals surface area contributed by atoms with E-state index in [1.54, 1.807) is 25.2 Å². The van der Waals surface area contributed by atoms with Gasteiger partial charge in [-0.05, 0) is 35.7 Å². The zero-order valence-electron chi connectivity index (χ0n) is 10.7. The van der Waals surface area contributed by atoms with Crippen LogP contribution in [0.2, 0.25) is 0 Å². The Kier molecular flexibility index (Phi) is 3.51. The molecule has 0 amide bonds. The van der Waals surface area contributed by atoms with Crippen LogP contribution in [0.3, 0.4) is 0 Å². The Morgan fingerprint density at radius 1 is 1.00 bits per heavy atom. The van der Waals surface area contributed by atoms with E-state index in [2.05, 4.69) is 5.32 Å². The third kappa shape index (κ3) is 2.72. The van der Waals surface area contributed by atoms with Gasteiger partial charge < -0.3 is 5.32 Å². The monoisotopic (exact) mass is 265 g/mol. The van der Waals surface area contributed by atoms with Crippen LogP contribution in [0.1, 0.15) is 11.1 Å². The van der Waals surface area contributed by atoms with E-state index >= 15 is 0 Å². The SMILES string of the molecule is CNc1cc(-c2ccccc2C(F)(F)F)ccc1C. The molecule has 0 fully saturated rings. The van der Waals surface area contributed by atoms with Crippen LogP contribution in [0.15, 0.2) is 42.5 Å². The lowest BCUT2D eigenvalue weighted by Crippen LogP contribution is -2.07. The van der Waals surface area contributed by atoms with E-state index in [1.807, 2.05) is 13.0 Å². The molecule has 0 unspecified atom stereocenters. The fourth-order valence-corrected chi connectivity index (χ4v) is 2.04. The normalized spacial score (nSPS) is 11.4. The Bertz CT molecular complexity index is 588. The Morgan fingerprint density at radius 3 is 2.32 bits per heavy atom. The fourth-order valence-electron chi connectivity index (χ4n) is 2.04. The maximum absolute atomic E-state index is 13.0. The van der Waals surface area contributed by atoms with Crippen molar-refractivity contribution in [3.63, 3.8) is 0 Å². The van der Waals surface area contributed by atoms with Gasteiger partial charge >= 0.3 is 6.18 Å². The van der Waals surface area contributed by atoms with Gasteiger partial charge in [0.05, 0.1) is 5.56 Å². The first-order chi connectivity index (χ1) is 8.93. The van der Waals surface area contributed by atoms with Crippen molar-refractivity contribution >= 4 is 5.69 Å².